The predicted molar refractivity (Wildman–Crippen MR) is 491 cm³/mol. The van der Waals surface area contributed by atoms with E-state index in [4.69, 9.17) is 32.3 Å². The molecule has 18 heteroatoms. The average Bonchev–Trinajstić information content (AvgIpc) is 1.00. The summed E-state index contributed by atoms with van der Waals surface area (Å²) in [4.78, 5) is 59.0. The number of esters is 3. The molecule has 0 radical (unpaired) electrons. The molecule has 5 atom stereocenters. The molecule has 4 N–H and O–H groups in total. The van der Waals surface area contributed by atoms with Crippen molar-refractivity contribution >= 4 is 33.6 Å². The van der Waals surface area contributed by atoms with Gasteiger partial charge in [0, 0.05) is 19.3 Å². The Morgan fingerprint density at radius 1 is 0.239 bits per heavy atom. The lowest BCUT2D eigenvalue weighted by Crippen LogP contribution is -2.30. The number of carbonyl (C=O) groups is 3. The van der Waals surface area contributed by atoms with Crippen molar-refractivity contribution in [3.8, 4) is 0 Å². The van der Waals surface area contributed by atoms with Crippen LogP contribution >= 0.6 is 15.6 Å². The van der Waals surface area contributed by atoms with E-state index in [-0.39, 0.29) is 19.3 Å². The van der Waals surface area contributed by atoms with Crippen LogP contribution in [0.3, 0.4) is 0 Å². The molecule has 117 heavy (non-hydrogen) atoms. The van der Waals surface area contributed by atoms with E-state index in [1.54, 1.807) is 0 Å². The third-order valence-corrected chi connectivity index (χ3v) is 21.0. The quantitative estimate of drug-likeness (QED) is 0.0146. The summed E-state index contributed by atoms with van der Waals surface area (Å²) < 4.78 is 61.4. The maximum Gasteiger partial charge on any atom is 0.472 e. The number of hydrogen-bond donors (Lipinski definition) is 4. The number of rotatable bonds is 86. The van der Waals surface area contributed by atoms with E-state index in [1.165, 1.54) is 109 Å². The van der Waals surface area contributed by atoms with Crippen LogP contribution in [0.2, 0.25) is 0 Å². The fraction of sp³-hybridized carbons (Fsp3) is 0.667. The van der Waals surface area contributed by atoms with Gasteiger partial charge in [-0.05, 0) is 154 Å². The highest BCUT2D eigenvalue weighted by molar-refractivity contribution is 7.47. The highest BCUT2D eigenvalue weighted by Gasteiger charge is 2.29. The molecule has 0 spiro atoms. The number of unbranched alkanes of at least 4 members (excludes halogenated alkanes) is 33. The number of allylic oxidation sites excluding steroid dienone is 30. The van der Waals surface area contributed by atoms with E-state index >= 15 is 0 Å². The van der Waals surface area contributed by atoms with E-state index in [2.05, 4.69) is 203 Å². The van der Waals surface area contributed by atoms with Crippen LogP contribution in [0.15, 0.2) is 182 Å². The van der Waals surface area contributed by atoms with Crippen molar-refractivity contribution < 1.29 is 75.8 Å². The molecule has 0 bridgehead atoms. The van der Waals surface area contributed by atoms with E-state index < -0.39 is 91.5 Å². The van der Waals surface area contributed by atoms with Crippen molar-refractivity contribution in [3.63, 3.8) is 0 Å². The first-order chi connectivity index (χ1) is 57.2. The minimum Gasteiger partial charge on any atom is -0.463 e. The zero-order valence-corrected chi connectivity index (χ0v) is 75.4. The number of phosphoric ester groups is 2. The number of aliphatic hydroxyl groups is 2. The molecule has 0 aliphatic heterocycles. The lowest BCUT2D eigenvalue weighted by Gasteiger charge is -2.21. The van der Waals surface area contributed by atoms with Crippen LogP contribution in [0.5, 0.6) is 0 Å². The molecule has 0 aromatic rings. The van der Waals surface area contributed by atoms with Crippen molar-refractivity contribution in [1.82, 2.24) is 0 Å². The maximum atomic E-state index is 13.0. The molecule has 0 amide bonds. The predicted octanol–water partition coefficient (Wildman–Crippen LogP) is 28.4. The number of ether oxygens (including phenoxy) is 3. The molecule has 0 aliphatic carbocycles. The van der Waals surface area contributed by atoms with Gasteiger partial charge in [-0.2, -0.15) is 0 Å². The van der Waals surface area contributed by atoms with Crippen LogP contribution in [-0.2, 0) is 55.8 Å². The first-order valence-electron chi connectivity index (χ1n) is 46.1. The SMILES string of the molecule is CC/C=C\C/C=C\C/C=C\C/C=C\C/C=C\C/C=C\CCCCCCCCCCC(=O)OCC(COP(=O)(O)OCC(O)COP(=O)(O)OCC(O)COC(=O)CCCCCCCCCCCCCCCCCCCCC/C=C\C/C=C\C/C=C\C/C=C\C/C=C\CC)OC(=O)CCCCCCCC/C=C\C/C=C\C/C=C\C/C=C\CC. The number of hydrogen-bond acceptors (Lipinski definition) is 14. The first-order valence-corrected chi connectivity index (χ1v) is 49.1. The van der Waals surface area contributed by atoms with E-state index in [0.717, 1.165) is 199 Å². The molecule has 0 aromatic heterocycles. The van der Waals surface area contributed by atoms with Crippen LogP contribution in [0.4, 0.5) is 0 Å². The Bertz CT molecular complexity index is 2860. The topological polar surface area (TPSA) is 231 Å². The van der Waals surface area contributed by atoms with E-state index in [0.29, 0.717) is 19.3 Å². The zero-order valence-electron chi connectivity index (χ0n) is 73.6. The standard InChI is InChI=1S/C99H166O16P2/c1-4-7-10-13-16-19-22-25-28-31-34-36-38-40-42-43-44-45-46-47-48-49-51-53-54-56-59-61-64-67-70-73-76-79-82-85-97(102)109-88-94(100)89-111-116(105,106)112-90-95(101)91-113-117(107,108)114-93-96(115-99(104)87-84-81-78-75-72-69-66-63-58-33-30-27-24-21-18-15-12-9-6-3)92-110-98(103)86-83-80-77-74-71-68-65-62-60-57-55-52-50-41-39-37-35-32-29-26-23-20-17-14-11-8-5-2/h7-12,16-21,25-30,34-37,40-42,50,55,57-58,63,94-96,100-101H,4-6,13-15,22-24,31-33,38-39,43-49,51-54,56,59-62,64-93H2,1-3H3,(H,105,106)(H,107,108)/b10-7-,11-8-,12-9-,19-16-,20-17-,21-18-,28-25-,29-26-,30-27-,36-34-,37-35-,42-40-,50-41-,57-55-,63-58-. The minimum absolute atomic E-state index is 0.0811. The fourth-order valence-electron chi connectivity index (χ4n) is 12.2. The van der Waals surface area contributed by atoms with Gasteiger partial charge < -0.3 is 34.2 Å². The Balaban J connectivity index is 4.53. The van der Waals surface area contributed by atoms with Crippen LogP contribution in [0.25, 0.3) is 0 Å². The highest BCUT2D eigenvalue weighted by Crippen LogP contribution is 2.45. The first kappa shape index (κ1) is 112. The third-order valence-electron chi connectivity index (χ3n) is 19.1. The second-order valence-electron chi connectivity index (χ2n) is 30.3. The summed E-state index contributed by atoms with van der Waals surface area (Å²) >= 11 is 0. The summed E-state index contributed by atoms with van der Waals surface area (Å²) in [6.45, 7) is 2.35. The van der Waals surface area contributed by atoms with Gasteiger partial charge in [-0.1, -0.05) is 376 Å². The average molecular weight is 1670 g/mol. The van der Waals surface area contributed by atoms with Gasteiger partial charge in [0.05, 0.1) is 26.4 Å². The molecule has 668 valence electrons. The Labute approximate surface area is 713 Å². The van der Waals surface area contributed by atoms with Crippen LogP contribution in [-0.4, -0.2) is 95.9 Å². The molecule has 0 saturated carbocycles. The van der Waals surface area contributed by atoms with Gasteiger partial charge in [-0.3, -0.25) is 32.5 Å². The summed E-state index contributed by atoms with van der Waals surface area (Å²) in [5, 5.41) is 20.7. The second kappa shape index (κ2) is 89.9. The molecule has 0 fully saturated rings. The van der Waals surface area contributed by atoms with E-state index in [9.17, 15) is 43.5 Å². The van der Waals surface area contributed by atoms with Gasteiger partial charge in [-0.15, -0.1) is 0 Å². The molecule has 0 saturated heterocycles. The number of aliphatic hydroxyl groups excluding tert-OH is 2. The lowest BCUT2D eigenvalue weighted by atomic mass is 10.0. The molecule has 0 aromatic carbocycles. The Hall–Kier alpha value is -5.35. The summed E-state index contributed by atoms with van der Waals surface area (Å²) in [6.07, 6.45) is 118. The monoisotopic (exact) mass is 1670 g/mol. The summed E-state index contributed by atoms with van der Waals surface area (Å²) in [6, 6.07) is 0. The number of carbonyl (C=O) groups excluding carboxylic acids is 3. The number of phosphoric acid groups is 2. The Morgan fingerprint density at radius 2 is 0.427 bits per heavy atom. The lowest BCUT2D eigenvalue weighted by molar-refractivity contribution is -0.161. The smallest absolute Gasteiger partial charge is 0.463 e. The highest BCUT2D eigenvalue weighted by atomic mass is 31.2. The van der Waals surface area contributed by atoms with Crippen molar-refractivity contribution in [3.05, 3.63) is 182 Å². The summed E-state index contributed by atoms with van der Waals surface area (Å²) in [5.41, 5.74) is 0. The maximum absolute atomic E-state index is 13.0. The van der Waals surface area contributed by atoms with Gasteiger partial charge in [0.25, 0.3) is 0 Å². The summed E-state index contributed by atoms with van der Waals surface area (Å²) in [7, 11) is -9.82. The van der Waals surface area contributed by atoms with Crippen LogP contribution in [0.1, 0.15) is 367 Å². The third kappa shape index (κ3) is 91.2. The van der Waals surface area contributed by atoms with Gasteiger partial charge in [0.15, 0.2) is 6.10 Å². The van der Waals surface area contributed by atoms with Gasteiger partial charge in [0.2, 0.25) is 0 Å². The molecule has 0 heterocycles. The fourth-order valence-corrected chi connectivity index (χ4v) is 13.8. The van der Waals surface area contributed by atoms with Crippen molar-refractivity contribution in [2.45, 2.75) is 386 Å². The molecule has 5 unspecified atom stereocenters. The Kier molecular flexibility index (Phi) is 85.8. The second-order valence-corrected chi connectivity index (χ2v) is 33.2. The molecule has 16 nitrogen and oxygen atoms in total. The van der Waals surface area contributed by atoms with Crippen LogP contribution < -0.4 is 0 Å². The van der Waals surface area contributed by atoms with Crippen molar-refractivity contribution in [1.29, 1.82) is 0 Å². The van der Waals surface area contributed by atoms with Crippen molar-refractivity contribution in [2.24, 2.45) is 0 Å². The molecule has 0 aliphatic rings. The van der Waals surface area contributed by atoms with Crippen molar-refractivity contribution in [2.75, 3.05) is 39.6 Å². The summed E-state index contributed by atoms with van der Waals surface area (Å²) in [5.74, 6) is -1.60. The van der Waals surface area contributed by atoms with E-state index in [1.807, 2.05) is 0 Å². The van der Waals surface area contributed by atoms with Gasteiger partial charge in [0.1, 0.15) is 25.4 Å². The van der Waals surface area contributed by atoms with Gasteiger partial charge >= 0.3 is 33.6 Å². The molecule has 0 rings (SSSR count). The normalized spacial score (nSPS) is 14.6. The molecular weight excluding hydrogens is 1510 g/mol. The minimum atomic E-state index is -4.95. The molecular formula is C99H166O16P2. The van der Waals surface area contributed by atoms with Crippen LogP contribution in [0, 0.1) is 0 Å². The Morgan fingerprint density at radius 3 is 0.675 bits per heavy atom. The van der Waals surface area contributed by atoms with Gasteiger partial charge in [-0.25, -0.2) is 9.13 Å². The zero-order chi connectivity index (χ0) is 85.1. The largest absolute Gasteiger partial charge is 0.472 e.